The smallest absolute Gasteiger partial charge is 0.238 e. The molecular formula is C23H27N5O2. The van der Waals surface area contributed by atoms with Crippen LogP contribution in [0.15, 0.2) is 54.6 Å². The number of aryl methyl sites for hydroxylation is 1. The second kappa shape index (κ2) is 9.37. The summed E-state index contributed by atoms with van der Waals surface area (Å²) in [7, 11) is 1.91. The van der Waals surface area contributed by atoms with Crippen molar-refractivity contribution in [2.75, 3.05) is 24.2 Å². The van der Waals surface area contributed by atoms with Crippen LogP contribution < -0.4 is 10.6 Å². The summed E-state index contributed by atoms with van der Waals surface area (Å²) in [4.78, 5) is 25.5. The molecule has 0 aliphatic carbocycles. The summed E-state index contributed by atoms with van der Waals surface area (Å²) in [5.74, 6) is -0.231. The number of hydrogen-bond donors (Lipinski definition) is 2. The molecule has 0 atom stereocenters. The van der Waals surface area contributed by atoms with E-state index >= 15 is 0 Å². The van der Waals surface area contributed by atoms with Crippen molar-refractivity contribution in [2.24, 2.45) is 0 Å². The molecule has 30 heavy (non-hydrogen) atoms. The van der Waals surface area contributed by atoms with Gasteiger partial charge in [-0.15, -0.1) is 0 Å². The lowest BCUT2D eigenvalue weighted by atomic mass is 10.2. The highest BCUT2D eigenvalue weighted by Crippen LogP contribution is 2.19. The topological polar surface area (TPSA) is 79.3 Å². The highest BCUT2D eigenvalue weighted by Gasteiger charge is 2.16. The number of likely N-dealkylation sites (N-methyl/N-ethyl adjacent to an activating group) is 1. The van der Waals surface area contributed by atoms with Crippen molar-refractivity contribution in [3.63, 3.8) is 0 Å². The number of carbonyl (C=O) groups is 2. The van der Waals surface area contributed by atoms with Gasteiger partial charge in [-0.25, -0.2) is 4.68 Å². The first-order chi connectivity index (χ1) is 14.3. The number of nitrogens with zero attached hydrogens (tertiary/aromatic N) is 3. The van der Waals surface area contributed by atoms with Gasteiger partial charge in [0.1, 0.15) is 0 Å². The number of anilines is 2. The molecule has 2 N–H and O–H groups in total. The number of para-hydroxylation sites is 1. The standard InChI is InChI=1S/C23H27N5O2/c1-16-22(17(2)28(26-16)21-8-6-5-7-9-21)14-27(4)15-23(30)25-20-12-10-19(11-13-20)24-18(3)29/h5-13H,14-15H2,1-4H3,(H,24,29)(H,25,30). The number of nitrogens with one attached hydrogen (secondary N) is 2. The monoisotopic (exact) mass is 405 g/mol. The van der Waals surface area contributed by atoms with Gasteiger partial charge >= 0.3 is 0 Å². The first-order valence-electron chi connectivity index (χ1n) is 9.80. The van der Waals surface area contributed by atoms with Crippen molar-refractivity contribution in [3.05, 3.63) is 71.5 Å². The molecule has 1 heterocycles. The molecule has 0 saturated heterocycles. The summed E-state index contributed by atoms with van der Waals surface area (Å²) in [6.07, 6.45) is 0. The number of carbonyl (C=O) groups excluding carboxylic acids is 2. The summed E-state index contributed by atoms with van der Waals surface area (Å²) in [6, 6.07) is 17.1. The molecule has 0 saturated carbocycles. The zero-order valence-corrected chi connectivity index (χ0v) is 17.8. The normalized spacial score (nSPS) is 10.8. The van der Waals surface area contributed by atoms with Gasteiger partial charge in [-0.05, 0) is 57.3 Å². The van der Waals surface area contributed by atoms with E-state index in [1.165, 1.54) is 6.92 Å². The maximum absolute atomic E-state index is 12.4. The maximum atomic E-state index is 12.4. The van der Waals surface area contributed by atoms with Crippen LogP contribution in [-0.4, -0.2) is 40.1 Å². The fourth-order valence-electron chi connectivity index (χ4n) is 3.34. The molecule has 0 unspecified atom stereocenters. The summed E-state index contributed by atoms with van der Waals surface area (Å²) in [6.45, 7) is 6.37. The molecule has 7 heteroatoms. The van der Waals surface area contributed by atoms with Gasteiger partial charge in [-0.1, -0.05) is 18.2 Å². The third-order valence-electron chi connectivity index (χ3n) is 4.77. The summed E-state index contributed by atoms with van der Waals surface area (Å²) in [5, 5.41) is 10.3. The zero-order valence-electron chi connectivity index (χ0n) is 17.8. The second-order valence-corrected chi connectivity index (χ2v) is 7.38. The van der Waals surface area contributed by atoms with Crippen LogP contribution >= 0.6 is 0 Å². The predicted octanol–water partition coefficient (Wildman–Crippen LogP) is 3.52. The van der Waals surface area contributed by atoms with Crippen LogP contribution in [0.2, 0.25) is 0 Å². The molecule has 2 aromatic carbocycles. The molecule has 1 aromatic heterocycles. The fourth-order valence-corrected chi connectivity index (χ4v) is 3.34. The average molecular weight is 406 g/mol. The minimum absolute atomic E-state index is 0.101. The van der Waals surface area contributed by atoms with Crippen molar-refractivity contribution in [3.8, 4) is 5.69 Å². The molecule has 0 radical (unpaired) electrons. The average Bonchev–Trinajstić information content (AvgIpc) is 2.98. The van der Waals surface area contributed by atoms with Crippen LogP contribution in [-0.2, 0) is 16.1 Å². The Balaban J connectivity index is 1.60. The van der Waals surface area contributed by atoms with Crippen LogP contribution in [0.4, 0.5) is 11.4 Å². The Kier molecular flexibility index (Phi) is 6.64. The Morgan fingerprint density at radius 1 is 0.967 bits per heavy atom. The van der Waals surface area contributed by atoms with Gasteiger partial charge in [0.2, 0.25) is 11.8 Å². The molecule has 0 aliphatic heterocycles. The molecule has 7 nitrogen and oxygen atoms in total. The van der Waals surface area contributed by atoms with Gasteiger partial charge in [0, 0.05) is 36.1 Å². The summed E-state index contributed by atoms with van der Waals surface area (Å²) < 4.78 is 1.94. The van der Waals surface area contributed by atoms with Crippen LogP contribution in [0.25, 0.3) is 5.69 Å². The van der Waals surface area contributed by atoms with Gasteiger partial charge in [-0.3, -0.25) is 14.5 Å². The van der Waals surface area contributed by atoms with Gasteiger partial charge in [0.15, 0.2) is 0 Å². The third kappa shape index (κ3) is 5.33. The fraction of sp³-hybridized carbons (Fsp3) is 0.261. The van der Waals surface area contributed by atoms with Crippen molar-refractivity contribution in [2.45, 2.75) is 27.3 Å². The highest BCUT2D eigenvalue weighted by atomic mass is 16.2. The van der Waals surface area contributed by atoms with Gasteiger partial charge in [-0.2, -0.15) is 5.10 Å². The van der Waals surface area contributed by atoms with Crippen molar-refractivity contribution in [1.29, 1.82) is 0 Å². The van der Waals surface area contributed by atoms with E-state index in [4.69, 9.17) is 0 Å². The van der Waals surface area contributed by atoms with E-state index in [0.29, 0.717) is 17.9 Å². The number of rotatable bonds is 7. The maximum Gasteiger partial charge on any atom is 0.238 e. The van der Waals surface area contributed by atoms with Gasteiger partial charge < -0.3 is 10.6 Å². The van der Waals surface area contributed by atoms with Crippen LogP contribution in [0, 0.1) is 13.8 Å². The molecule has 0 fully saturated rings. The molecule has 2 amide bonds. The number of benzene rings is 2. The lowest BCUT2D eigenvalue weighted by Crippen LogP contribution is -2.30. The van der Waals surface area contributed by atoms with E-state index < -0.39 is 0 Å². The zero-order chi connectivity index (χ0) is 21.7. The minimum atomic E-state index is -0.130. The number of hydrogen-bond acceptors (Lipinski definition) is 4. The lowest BCUT2D eigenvalue weighted by molar-refractivity contribution is -0.117. The third-order valence-corrected chi connectivity index (χ3v) is 4.77. The van der Waals surface area contributed by atoms with E-state index in [1.54, 1.807) is 24.3 Å². The van der Waals surface area contributed by atoms with E-state index in [9.17, 15) is 9.59 Å². The summed E-state index contributed by atoms with van der Waals surface area (Å²) in [5.41, 5.74) is 5.55. The number of aromatic nitrogens is 2. The molecule has 0 spiro atoms. The Morgan fingerprint density at radius 2 is 1.57 bits per heavy atom. The lowest BCUT2D eigenvalue weighted by Gasteiger charge is -2.17. The second-order valence-electron chi connectivity index (χ2n) is 7.38. The molecular weight excluding hydrogens is 378 g/mol. The van der Waals surface area contributed by atoms with E-state index in [0.717, 1.165) is 22.6 Å². The van der Waals surface area contributed by atoms with Crippen molar-refractivity contribution < 1.29 is 9.59 Å². The Morgan fingerprint density at radius 3 is 2.17 bits per heavy atom. The Bertz CT molecular complexity index is 1030. The predicted molar refractivity (Wildman–Crippen MR) is 119 cm³/mol. The highest BCUT2D eigenvalue weighted by molar-refractivity contribution is 5.93. The largest absolute Gasteiger partial charge is 0.326 e. The molecule has 156 valence electrons. The van der Waals surface area contributed by atoms with Gasteiger partial charge in [0.25, 0.3) is 0 Å². The number of amides is 2. The molecule has 0 aliphatic rings. The first-order valence-corrected chi connectivity index (χ1v) is 9.80. The van der Waals surface area contributed by atoms with E-state index in [-0.39, 0.29) is 18.4 Å². The summed E-state index contributed by atoms with van der Waals surface area (Å²) >= 11 is 0. The SMILES string of the molecule is CC(=O)Nc1ccc(NC(=O)CN(C)Cc2c(C)nn(-c3ccccc3)c2C)cc1. The first kappa shape index (κ1) is 21.3. The van der Waals surface area contributed by atoms with Gasteiger partial charge in [0.05, 0.1) is 17.9 Å². The van der Waals surface area contributed by atoms with Crippen LogP contribution in [0.5, 0.6) is 0 Å². The van der Waals surface area contributed by atoms with Crippen molar-refractivity contribution in [1.82, 2.24) is 14.7 Å². The molecule has 3 aromatic rings. The minimum Gasteiger partial charge on any atom is -0.326 e. The van der Waals surface area contributed by atoms with Crippen LogP contribution in [0.3, 0.4) is 0 Å². The molecule has 0 bridgehead atoms. The quantitative estimate of drug-likeness (QED) is 0.630. The Hall–Kier alpha value is -3.45. The van der Waals surface area contributed by atoms with Crippen LogP contribution in [0.1, 0.15) is 23.9 Å². The van der Waals surface area contributed by atoms with E-state index in [2.05, 4.69) is 15.7 Å². The molecule has 3 rings (SSSR count). The van der Waals surface area contributed by atoms with E-state index in [1.807, 2.05) is 60.8 Å². The van der Waals surface area contributed by atoms with Crippen molar-refractivity contribution >= 4 is 23.2 Å². The Labute approximate surface area is 176 Å².